The van der Waals surface area contributed by atoms with Crippen LogP contribution in [-0.4, -0.2) is 30.3 Å². The topological polar surface area (TPSA) is 83.8 Å². The van der Waals surface area contributed by atoms with Crippen LogP contribution >= 0.6 is 0 Å². The Morgan fingerprint density at radius 3 is 2.14 bits per heavy atom. The van der Waals surface area contributed by atoms with E-state index in [-0.39, 0.29) is 0 Å². The zero-order valence-electron chi connectivity index (χ0n) is 8.51. The molecule has 0 fully saturated rings. The smallest absolute Gasteiger partial charge is 0.393 e. The second kappa shape index (κ2) is 6.34. The van der Waals surface area contributed by atoms with Gasteiger partial charge in [0.15, 0.2) is 0 Å². The van der Waals surface area contributed by atoms with Crippen LogP contribution in [-0.2, 0) is 14.6 Å². The molecule has 0 aliphatic carbocycles. The molecule has 0 aromatic rings. The summed E-state index contributed by atoms with van der Waals surface area (Å²) in [6.07, 6.45) is 1.02. The van der Waals surface area contributed by atoms with Gasteiger partial charge in [-0.1, -0.05) is 13.8 Å². The zero-order chi connectivity index (χ0) is 11.2. The molecule has 0 unspecified atom stereocenters. The molecular formula is C8H18O5S. The van der Waals surface area contributed by atoms with Crippen LogP contribution in [0.1, 0.15) is 39.5 Å². The first-order valence-electron chi connectivity index (χ1n) is 4.72. The minimum absolute atomic E-state index is 0.422. The number of hydrogen-bond donors (Lipinski definition) is 2. The molecule has 14 heavy (non-hydrogen) atoms. The van der Waals surface area contributed by atoms with Crippen LogP contribution < -0.4 is 0 Å². The molecule has 0 aliphatic rings. The van der Waals surface area contributed by atoms with E-state index in [1.807, 2.05) is 6.92 Å². The minimum Gasteiger partial charge on any atom is -0.393 e. The fourth-order valence-electron chi connectivity index (χ4n) is 1.07. The zero-order valence-corrected chi connectivity index (χ0v) is 9.33. The highest BCUT2D eigenvalue weighted by Crippen LogP contribution is 2.12. The van der Waals surface area contributed by atoms with Gasteiger partial charge in [0.25, 0.3) is 0 Å². The maximum absolute atomic E-state index is 10.4. The summed E-state index contributed by atoms with van der Waals surface area (Å²) in [5.74, 6) is 0. The van der Waals surface area contributed by atoms with Crippen molar-refractivity contribution in [1.29, 1.82) is 0 Å². The Balaban J connectivity index is 3.92. The van der Waals surface area contributed by atoms with Gasteiger partial charge in [0, 0.05) is 0 Å². The van der Waals surface area contributed by atoms with Gasteiger partial charge in [-0.15, -0.1) is 0 Å². The van der Waals surface area contributed by atoms with Crippen molar-refractivity contribution in [1.82, 2.24) is 0 Å². The lowest BCUT2D eigenvalue weighted by Gasteiger charge is -2.14. The third-order valence-electron chi connectivity index (χ3n) is 2.01. The molecule has 0 radical (unpaired) electrons. The van der Waals surface area contributed by atoms with Crippen molar-refractivity contribution in [2.24, 2.45) is 0 Å². The number of hydrogen-bond acceptors (Lipinski definition) is 4. The van der Waals surface area contributed by atoms with Gasteiger partial charge in [0.05, 0.1) is 12.2 Å². The summed E-state index contributed by atoms with van der Waals surface area (Å²) in [7, 11) is -4.37. The Bertz CT molecular complexity index is 236. The Morgan fingerprint density at radius 2 is 1.79 bits per heavy atom. The van der Waals surface area contributed by atoms with Gasteiger partial charge in [-0.3, -0.25) is 4.55 Å². The summed E-state index contributed by atoms with van der Waals surface area (Å²) in [6.45, 7) is 3.60. The molecule has 0 aliphatic heterocycles. The van der Waals surface area contributed by atoms with Crippen LogP contribution in [0.25, 0.3) is 0 Å². The average Bonchev–Trinajstić information content (AvgIpc) is 2.09. The molecule has 0 amide bonds. The summed E-state index contributed by atoms with van der Waals surface area (Å²) >= 11 is 0. The molecule has 6 heteroatoms. The quantitative estimate of drug-likeness (QED) is 0.636. The molecule has 0 saturated carbocycles. The van der Waals surface area contributed by atoms with Gasteiger partial charge >= 0.3 is 10.4 Å². The van der Waals surface area contributed by atoms with Crippen molar-refractivity contribution >= 4 is 10.4 Å². The number of rotatable bonds is 7. The van der Waals surface area contributed by atoms with Gasteiger partial charge in [0.1, 0.15) is 0 Å². The first-order valence-corrected chi connectivity index (χ1v) is 6.09. The summed E-state index contributed by atoms with van der Waals surface area (Å²) in [6, 6.07) is 0. The van der Waals surface area contributed by atoms with E-state index in [9.17, 15) is 13.5 Å². The lowest BCUT2D eigenvalue weighted by atomic mass is 10.1. The SMILES string of the molecule is CC[C@@H](O)CC[C@@H](CC)OS(=O)(=O)O. The monoisotopic (exact) mass is 226 g/mol. The Kier molecular flexibility index (Phi) is 6.26. The van der Waals surface area contributed by atoms with E-state index in [2.05, 4.69) is 4.18 Å². The minimum atomic E-state index is -4.37. The third kappa shape index (κ3) is 7.25. The Labute approximate surface area is 85.0 Å². The Morgan fingerprint density at radius 1 is 1.21 bits per heavy atom. The van der Waals surface area contributed by atoms with Crippen molar-refractivity contribution in [2.75, 3.05) is 0 Å². The Hall–Kier alpha value is -0.170. The molecule has 0 spiro atoms. The fraction of sp³-hybridized carbons (Fsp3) is 1.00. The van der Waals surface area contributed by atoms with Crippen molar-refractivity contribution in [3.8, 4) is 0 Å². The van der Waals surface area contributed by atoms with Gasteiger partial charge in [-0.2, -0.15) is 8.42 Å². The summed E-state index contributed by atoms with van der Waals surface area (Å²) < 4.78 is 33.6. The molecule has 0 heterocycles. The predicted molar refractivity (Wildman–Crippen MR) is 52.2 cm³/mol. The largest absolute Gasteiger partial charge is 0.397 e. The molecule has 86 valence electrons. The van der Waals surface area contributed by atoms with Crippen LogP contribution in [0.3, 0.4) is 0 Å². The molecule has 0 rings (SSSR count). The fourth-order valence-corrected chi connectivity index (χ4v) is 1.65. The highest BCUT2D eigenvalue weighted by molar-refractivity contribution is 7.80. The predicted octanol–water partition coefficient (Wildman–Crippen LogP) is 1.14. The lowest BCUT2D eigenvalue weighted by Crippen LogP contribution is -2.19. The van der Waals surface area contributed by atoms with Crippen LogP contribution in [0.5, 0.6) is 0 Å². The summed E-state index contributed by atoms with van der Waals surface area (Å²) in [5, 5.41) is 9.23. The second-order valence-corrected chi connectivity index (χ2v) is 4.24. The van der Waals surface area contributed by atoms with E-state index in [0.717, 1.165) is 0 Å². The van der Waals surface area contributed by atoms with Gasteiger partial charge in [-0.05, 0) is 25.7 Å². The maximum Gasteiger partial charge on any atom is 0.397 e. The van der Waals surface area contributed by atoms with Gasteiger partial charge in [0.2, 0.25) is 0 Å². The average molecular weight is 226 g/mol. The van der Waals surface area contributed by atoms with Crippen LogP contribution in [0, 0.1) is 0 Å². The standard InChI is InChI=1S/C8H18O5S/c1-3-7(9)5-6-8(4-2)13-14(10,11)12/h7-9H,3-6H2,1-2H3,(H,10,11,12)/t7-,8-/m1/s1. The number of aliphatic hydroxyl groups excluding tert-OH is 1. The summed E-state index contributed by atoms with van der Waals surface area (Å²) in [5.41, 5.74) is 0. The molecule has 0 saturated heterocycles. The highest BCUT2D eigenvalue weighted by atomic mass is 32.3. The first kappa shape index (κ1) is 13.8. The molecule has 0 aromatic heterocycles. The van der Waals surface area contributed by atoms with Crippen LogP contribution in [0.4, 0.5) is 0 Å². The molecule has 2 atom stereocenters. The molecule has 0 bridgehead atoms. The van der Waals surface area contributed by atoms with E-state index in [1.165, 1.54) is 0 Å². The molecule has 0 aromatic carbocycles. The summed E-state index contributed by atoms with van der Waals surface area (Å²) in [4.78, 5) is 0. The van der Waals surface area contributed by atoms with Crippen molar-refractivity contribution in [3.05, 3.63) is 0 Å². The third-order valence-corrected chi connectivity index (χ3v) is 2.52. The molecular weight excluding hydrogens is 208 g/mol. The van der Waals surface area contributed by atoms with E-state index in [0.29, 0.717) is 25.7 Å². The first-order chi connectivity index (χ1) is 6.39. The van der Waals surface area contributed by atoms with Crippen LogP contribution in [0.15, 0.2) is 0 Å². The second-order valence-electron chi connectivity index (χ2n) is 3.19. The van der Waals surface area contributed by atoms with Gasteiger partial charge < -0.3 is 5.11 Å². The maximum atomic E-state index is 10.4. The molecule has 2 N–H and O–H groups in total. The van der Waals surface area contributed by atoms with E-state index >= 15 is 0 Å². The van der Waals surface area contributed by atoms with Crippen molar-refractivity contribution < 1.29 is 22.3 Å². The van der Waals surface area contributed by atoms with E-state index in [1.54, 1.807) is 6.92 Å². The van der Waals surface area contributed by atoms with E-state index in [4.69, 9.17) is 4.55 Å². The molecule has 5 nitrogen and oxygen atoms in total. The van der Waals surface area contributed by atoms with Crippen molar-refractivity contribution in [3.63, 3.8) is 0 Å². The van der Waals surface area contributed by atoms with Crippen molar-refractivity contribution in [2.45, 2.75) is 51.7 Å². The van der Waals surface area contributed by atoms with Gasteiger partial charge in [-0.25, -0.2) is 4.18 Å². The van der Waals surface area contributed by atoms with E-state index < -0.39 is 22.6 Å². The lowest BCUT2D eigenvalue weighted by molar-refractivity contribution is 0.117. The van der Waals surface area contributed by atoms with Crippen LogP contribution in [0.2, 0.25) is 0 Å². The number of aliphatic hydroxyl groups is 1. The normalized spacial score (nSPS) is 16.6. The highest BCUT2D eigenvalue weighted by Gasteiger charge is 2.16.